The van der Waals surface area contributed by atoms with Gasteiger partial charge >= 0.3 is 12.1 Å². The van der Waals surface area contributed by atoms with Gasteiger partial charge in [0.05, 0.1) is 12.2 Å². The van der Waals surface area contributed by atoms with Gasteiger partial charge in [-0.05, 0) is 80.3 Å². The van der Waals surface area contributed by atoms with Crippen molar-refractivity contribution in [2.75, 3.05) is 6.61 Å². The standard InChI is InChI=1S/C29H39NO5/c1-17-10-12-20(13-11-17)23-18(2)21-14-30(27(33)34-16-28(4,5)6)15-22(21)19(3)24(23)25(26(31)32)35-29(7,8)9/h10-13,25H,14-16H2,1-9H3,(H,31,32). The minimum atomic E-state index is -1.14. The van der Waals surface area contributed by atoms with E-state index in [1.54, 1.807) is 4.90 Å². The van der Waals surface area contributed by atoms with Crippen molar-refractivity contribution in [3.63, 3.8) is 0 Å². The van der Waals surface area contributed by atoms with Gasteiger partial charge in [0, 0.05) is 18.7 Å². The molecule has 2 aromatic carbocycles. The van der Waals surface area contributed by atoms with Crippen molar-refractivity contribution in [1.82, 2.24) is 4.90 Å². The van der Waals surface area contributed by atoms with Gasteiger partial charge in [0.1, 0.15) is 0 Å². The van der Waals surface area contributed by atoms with E-state index in [9.17, 15) is 14.7 Å². The lowest BCUT2D eigenvalue weighted by Crippen LogP contribution is -2.29. The summed E-state index contributed by atoms with van der Waals surface area (Å²) in [6.45, 7) is 18.8. The highest BCUT2D eigenvalue weighted by atomic mass is 16.6. The Morgan fingerprint density at radius 3 is 1.97 bits per heavy atom. The van der Waals surface area contributed by atoms with Crippen LogP contribution in [0.2, 0.25) is 0 Å². The van der Waals surface area contributed by atoms with Crippen LogP contribution >= 0.6 is 0 Å². The zero-order chi connectivity index (χ0) is 26.3. The summed E-state index contributed by atoms with van der Waals surface area (Å²) >= 11 is 0. The maximum atomic E-state index is 12.9. The number of amides is 1. The predicted molar refractivity (Wildman–Crippen MR) is 137 cm³/mol. The molecule has 6 nitrogen and oxygen atoms in total. The van der Waals surface area contributed by atoms with E-state index in [2.05, 4.69) is 0 Å². The molecule has 1 heterocycles. The van der Waals surface area contributed by atoms with E-state index in [0.29, 0.717) is 25.3 Å². The fourth-order valence-electron chi connectivity index (χ4n) is 4.53. The second kappa shape index (κ2) is 9.65. The van der Waals surface area contributed by atoms with Gasteiger partial charge in [-0.25, -0.2) is 9.59 Å². The molecule has 0 bridgehead atoms. The lowest BCUT2D eigenvalue weighted by molar-refractivity contribution is -0.160. The first-order chi connectivity index (χ1) is 16.1. The molecular formula is C29H39NO5. The Bertz CT molecular complexity index is 1120. The molecule has 3 rings (SSSR count). The largest absolute Gasteiger partial charge is 0.479 e. The topological polar surface area (TPSA) is 76.1 Å². The van der Waals surface area contributed by atoms with Crippen molar-refractivity contribution < 1.29 is 24.2 Å². The van der Waals surface area contributed by atoms with Crippen molar-refractivity contribution >= 4 is 12.1 Å². The molecule has 0 saturated heterocycles. The molecule has 6 heteroatoms. The van der Waals surface area contributed by atoms with Crippen molar-refractivity contribution in [1.29, 1.82) is 0 Å². The smallest absolute Gasteiger partial charge is 0.410 e. The number of aryl methyl sites for hydroxylation is 1. The summed E-state index contributed by atoms with van der Waals surface area (Å²) < 4.78 is 11.7. The monoisotopic (exact) mass is 481 g/mol. The van der Waals surface area contributed by atoms with Crippen LogP contribution in [0, 0.1) is 26.2 Å². The molecule has 1 amide bonds. The first-order valence-corrected chi connectivity index (χ1v) is 12.1. The third-order valence-electron chi connectivity index (χ3n) is 6.20. The number of rotatable bonds is 5. The van der Waals surface area contributed by atoms with Gasteiger partial charge in [0.25, 0.3) is 0 Å². The number of benzene rings is 2. The number of aliphatic carboxylic acids is 1. The molecule has 0 radical (unpaired) electrons. The molecule has 190 valence electrons. The maximum absolute atomic E-state index is 12.9. The molecule has 1 aliphatic heterocycles. The SMILES string of the molecule is Cc1ccc(-c2c(C)c3c(c(C)c2C(OC(C)(C)C)C(=O)O)CN(C(=O)OCC(C)(C)C)C3)cc1. The zero-order valence-corrected chi connectivity index (χ0v) is 22.5. The Morgan fingerprint density at radius 1 is 0.943 bits per heavy atom. The van der Waals surface area contributed by atoms with Crippen LogP contribution in [0.25, 0.3) is 11.1 Å². The normalized spacial score (nSPS) is 14.6. The number of carbonyl (C=O) groups is 2. The molecule has 35 heavy (non-hydrogen) atoms. The molecule has 0 aliphatic carbocycles. The Hall–Kier alpha value is -2.86. The number of fused-ring (bicyclic) bond motifs is 1. The van der Waals surface area contributed by atoms with Gasteiger partial charge in [-0.1, -0.05) is 50.6 Å². The van der Waals surface area contributed by atoms with Gasteiger partial charge in [-0.2, -0.15) is 0 Å². The van der Waals surface area contributed by atoms with Crippen molar-refractivity contribution in [2.45, 2.75) is 87.1 Å². The first kappa shape index (κ1) is 26.7. The average molecular weight is 482 g/mol. The van der Waals surface area contributed by atoms with Crippen LogP contribution in [-0.4, -0.2) is 34.3 Å². The summed E-state index contributed by atoms with van der Waals surface area (Å²) in [6, 6.07) is 8.09. The number of nitrogens with zero attached hydrogens (tertiary/aromatic N) is 1. The van der Waals surface area contributed by atoms with Gasteiger partial charge in [0.15, 0.2) is 6.10 Å². The van der Waals surface area contributed by atoms with Gasteiger partial charge in [0.2, 0.25) is 0 Å². The Morgan fingerprint density at radius 2 is 1.49 bits per heavy atom. The Labute approximate surface area is 209 Å². The van der Waals surface area contributed by atoms with E-state index in [4.69, 9.17) is 9.47 Å². The third-order valence-corrected chi connectivity index (χ3v) is 6.20. The molecule has 1 N–H and O–H groups in total. The lowest BCUT2D eigenvalue weighted by Gasteiger charge is -2.29. The van der Waals surface area contributed by atoms with Gasteiger partial charge in [-0.3, -0.25) is 4.90 Å². The second-order valence-electron chi connectivity index (χ2n) is 11.8. The molecule has 0 saturated carbocycles. The van der Waals surface area contributed by atoms with Crippen LogP contribution in [0.3, 0.4) is 0 Å². The zero-order valence-electron chi connectivity index (χ0n) is 22.5. The highest BCUT2D eigenvalue weighted by Crippen LogP contribution is 2.43. The van der Waals surface area contributed by atoms with E-state index in [-0.39, 0.29) is 11.5 Å². The number of carboxylic acids is 1. The van der Waals surface area contributed by atoms with Crippen LogP contribution in [0.4, 0.5) is 4.79 Å². The summed E-state index contributed by atoms with van der Waals surface area (Å²) in [6.07, 6.45) is -1.49. The highest BCUT2D eigenvalue weighted by Gasteiger charge is 2.36. The van der Waals surface area contributed by atoms with Crippen LogP contribution in [0.1, 0.15) is 81.0 Å². The van der Waals surface area contributed by atoms with Gasteiger partial charge in [-0.15, -0.1) is 0 Å². The van der Waals surface area contributed by atoms with Crippen LogP contribution < -0.4 is 0 Å². The van der Waals surface area contributed by atoms with E-state index < -0.39 is 17.7 Å². The quantitative estimate of drug-likeness (QED) is 0.513. The van der Waals surface area contributed by atoms with Crippen molar-refractivity contribution in [3.05, 3.63) is 57.6 Å². The summed E-state index contributed by atoms with van der Waals surface area (Å²) in [5.74, 6) is -1.03. The van der Waals surface area contributed by atoms with E-state index in [0.717, 1.165) is 38.9 Å². The minimum Gasteiger partial charge on any atom is -0.479 e. The molecule has 0 fully saturated rings. The maximum Gasteiger partial charge on any atom is 0.410 e. The number of ether oxygens (including phenoxy) is 2. The summed E-state index contributed by atoms with van der Waals surface area (Å²) in [5, 5.41) is 10.2. The van der Waals surface area contributed by atoms with Crippen LogP contribution in [0.5, 0.6) is 0 Å². The summed E-state index contributed by atoms with van der Waals surface area (Å²) in [5.41, 5.74) is 6.64. The van der Waals surface area contributed by atoms with Crippen molar-refractivity contribution in [2.24, 2.45) is 5.41 Å². The molecular weight excluding hydrogens is 442 g/mol. The van der Waals surface area contributed by atoms with E-state index >= 15 is 0 Å². The first-order valence-electron chi connectivity index (χ1n) is 12.1. The fourth-order valence-corrected chi connectivity index (χ4v) is 4.53. The summed E-state index contributed by atoms with van der Waals surface area (Å²) in [7, 11) is 0. The highest BCUT2D eigenvalue weighted by molar-refractivity contribution is 5.84. The number of carboxylic acid groups (broad SMARTS) is 1. The second-order valence-corrected chi connectivity index (χ2v) is 11.8. The fraction of sp³-hybridized carbons (Fsp3) is 0.517. The molecule has 1 aliphatic rings. The predicted octanol–water partition coefficient (Wildman–Crippen LogP) is 6.72. The molecule has 0 spiro atoms. The van der Waals surface area contributed by atoms with E-state index in [1.165, 1.54) is 0 Å². The minimum absolute atomic E-state index is 0.126. The molecule has 2 aromatic rings. The molecule has 1 atom stereocenters. The van der Waals surface area contributed by atoms with Gasteiger partial charge < -0.3 is 14.6 Å². The summed E-state index contributed by atoms with van der Waals surface area (Å²) in [4.78, 5) is 27.1. The van der Waals surface area contributed by atoms with E-state index in [1.807, 2.05) is 86.6 Å². The molecule has 1 unspecified atom stereocenters. The number of carbonyl (C=O) groups excluding carboxylic acids is 1. The lowest BCUT2D eigenvalue weighted by atomic mass is 9.83. The van der Waals surface area contributed by atoms with Crippen LogP contribution in [0.15, 0.2) is 24.3 Å². The Kier molecular flexibility index (Phi) is 7.37. The Balaban J connectivity index is 2.16. The molecule has 0 aromatic heterocycles. The third kappa shape index (κ3) is 6.04. The number of hydrogen-bond donors (Lipinski definition) is 1. The van der Waals surface area contributed by atoms with Crippen LogP contribution in [-0.2, 0) is 27.4 Å². The average Bonchev–Trinajstić information content (AvgIpc) is 3.19. The number of hydrogen-bond acceptors (Lipinski definition) is 4. The van der Waals surface area contributed by atoms with Crippen molar-refractivity contribution in [3.8, 4) is 11.1 Å².